The van der Waals surface area contributed by atoms with E-state index >= 15 is 0 Å². The summed E-state index contributed by atoms with van der Waals surface area (Å²) in [7, 11) is 0. The molecule has 1 amide bonds. The van der Waals surface area contributed by atoms with Gasteiger partial charge >= 0.3 is 5.97 Å². The number of alkyl halides is 1. The van der Waals surface area contributed by atoms with Gasteiger partial charge in [0.15, 0.2) is 0 Å². The summed E-state index contributed by atoms with van der Waals surface area (Å²) in [5, 5.41) is 9.41. The van der Waals surface area contributed by atoms with Crippen molar-refractivity contribution in [2.45, 2.75) is 24.9 Å². The SMILES string of the molecule is O=C(CCc1ccc(Cl)cc1)N1CCC(F)(C(=O)O)C1. The van der Waals surface area contributed by atoms with Gasteiger partial charge < -0.3 is 10.0 Å². The Bertz CT molecular complexity index is 520. The maximum absolute atomic E-state index is 13.8. The number of hydrogen-bond acceptors (Lipinski definition) is 2. The zero-order chi connectivity index (χ0) is 14.8. The Morgan fingerprint density at radius 3 is 2.55 bits per heavy atom. The number of amides is 1. The first-order chi connectivity index (χ1) is 9.40. The monoisotopic (exact) mass is 299 g/mol. The summed E-state index contributed by atoms with van der Waals surface area (Å²) in [6.07, 6.45) is 0.616. The van der Waals surface area contributed by atoms with E-state index in [0.717, 1.165) is 5.56 Å². The van der Waals surface area contributed by atoms with Crippen LogP contribution in [0.15, 0.2) is 24.3 Å². The molecule has 1 heterocycles. The molecule has 20 heavy (non-hydrogen) atoms. The third-order valence-corrected chi connectivity index (χ3v) is 3.75. The van der Waals surface area contributed by atoms with E-state index in [9.17, 15) is 14.0 Å². The van der Waals surface area contributed by atoms with Gasteiger partial charge in [-0.2, -0.15) is 0 Å². The lowest BCUT2D eigenvalue weighted by atomic mass is 10.1. The van der Waals surface area contributed by atoms with Gasteiger partial charge in [0.2, 0.25) is 11.6 Å². The molecule has 0 aliphatic carbocycles. The van der Waals surface area contributed by atoms with Crippen molar-refractivity contribution >= 4 is 23.5 Å². The number of carboxylic acid groups (broad SMARTS) is 1. The molecule has 1 unspecified atom stereocenters. The van der Waals surface area contributed by atoms with Crippen LogP contribution in [-0.4, -0.2) is 40.6 Å². The summed E-state index contributed by atoms with van der Waals surface area (Å²) in [6, 6.07) is 7.15. The van der Waals surface area contributed by atoms with Crippen molar-refractivity contribution in [1.29, 1.82) is 0 Å². The van der Waals surface area contributed by atoms with E-state index in [2.05, 4.69) is 0 Å². The van der Waals surface area contributed by atoms with Crippen LogP contribution in [0, 0.1) is 0 Å². The van der Waals surface area contributed by atoms with Gasteiger partial charge in [0, 0.05) is 24.4 Å². The maximum atomic E-state index is 13.8. The number of aryl methyl sites for hydroxylation is 1. The highest BCUT2D eigenvalue weighted by atomic mass is 35.5. The molecule has 1 atom stereocenters. The first-order valence-corrected chi connectivity index (χ1v) is 6.73. The van der Waals surface area contributed by atoms with Gasteiger partial charge in [0.05, 0.1) is 6.54 Å². The topological polar surface area (TPSA) is 57.6 Å². The van der Waals surface area contributed by atoms with E-state index in [4.69, 9.17) is 16.7 Å². The van der Waals surface area contributed by atoms with E-state index in [1.54, 1.807) is 12.1 Å². The Morgan fingerprint density at radius 1 is 1.35 bits per heavy atom. The minimum Gasteiger partial charge on any atom is -0.479 e. The first kappa shape index (κ1) is 14.8. The Kier molecular flexibility index (Phi) is 4.28. The molecule has 0 radical (unpaired) electrons. The zero-order valence-corrected chi connectivity index (χ0v) is 11.6. The minimum absolute atomic E-state index is 0.144. The molecule has 4 nitrogen and oxygen atoms in total. The summed E-state index contributed by atoms with van der Waals surface area (Å²) in [5.41, 5.74) is -1.33. The van der Waals surface area contributed by atoms with Gasteiger partial charge in [-0.1, -0.05) is 23.7 Å². The van der Waals surface area contributed by atoms with Crippen LogP contribution in [0.1, 0.15) is 18.4 Å². The summed E-state index contributed by atoms with van der Waals surface area (Å²) in [4.78, 5) is 24.0. The fourth-order valence-corrected chi connectivity index (χ4v) is 2.35. The second-order valence-corrected chi connectivity index (χ2v) is 5.40. The number of hydrogen-bond donors (Lipinski definition) is 1. The van der Waals surface area contributed by atoms with Crippen molar-refractivity contribution < 1.29 is 19.1 Å². The number of rotatable bonds is 4. The average Bonchev–Trinajstić information content (AvgIpc) is 2.82. The first-order valence-electron chi connectivity index (χ1n) is 6.35. The quantitative estimate of drug-likeness (QED) is 0.928. The number of likely N-dealkylation sites (tertiary alicyclic amines) is 1. The lowest BCUT2D eigenvalue weighted by Gasteiger charge is -2.17. The third-order valence-electron chi connectivity index (χ3n) is 3.50. The molecule has 1 saturated heterocycles. The van der Waals surface area contributed by atoms with Crippen molar-refractivity contribution in [3.63, 3.8) is 0 Å². The Morgan fingerprint density at radius 2 is 2.00 bits per heavy atom. The van der Waals surface area contributed by atoms with Crippen LogP contribution < -0.4 is 0 Å². The van der Waals surface area contributed by atoms with Gasteiger partial charge in [0.25, 0.3) is 0 Å². The van der Waals surface area contributed by atoms with Gasteiger partial charge in [-0.3, -0.25) is 4.79 Å². The van der Waals surface area contributed by atoms with Crippen LogP contribution >= 0.6 is 11.6 Å². The van der Waals surface area contributed by atoms with Crippen molar-refractivity contribution in [2.75, 3.05) is 13.1 Å². The molecule has 1 N–H and O–H groups in total. The Balaban J connectivity index is 1.87. The molecular weight excluding hydrogens is 285 g/mol. The number of carbonyl (C=O) groups excluding carboxylic acids is 1. The molecule has 0 saturated carbocycles. The standard InChI is InChI=1S/C14H15ClFNO3/c15-11-4-1-10(2-5-11)3-6-12(18)17-8-7-14(16,9-17)13(19)20/h1-2,4-5H,3,6-9H2,(H,19,20). The van der Waals surface area contributed by atoms with E-state index in [0.29, 0.717) is 11.4 Å². The second kappa shape index (κ2) is 5.79. The molecule has 1 aliphatic rings. The third kappa shape index (κ3) is 3.28. The fourth-order valence-electron chi connectivity index (χ4n) is 2.22. The van der Waals surface area contributed by atoms with Crippen LogP contribution in [0.25, 0.3) is 0 Å². The second-order valence-electron chi connectivity index (χ2n) is 4.96. The highest BCUT2D eigenvalue weighted by molar-refractivity contribution is 6.30. The van der Waals surface area contributed by atoms with Crippen LogP contribution in [0.4, 0.5) is 4.39 Å². The van der Waals surface area contributed by atoms with Crippen molar-refractivity contribution in [3.05, 3.63) is 34.9 Å². The maximum Gasteiger partial charge on any atom is 0.343 e. The van der Waals surface area contributed by atoms with Crippen molar-refractivity contribution in [2.24, 2.45) is 0 Å². The fraction of sp³-hybridized carbons (Fsp3) is 0.429. The summed E-state index contributed by atoms with van der Waals surface area (Å²) in [5.74, 6) is -1.72. The zero-order valence-electron chi connectivity index (χ0n) is 10.8. The summed E-state index contributed by atoms with van der Waals surface area (Å²) < 4.78 is 13.8. The smallest absolute Gasteiger partial charge is 0.343 e. The number of halogens is 2. The molecule has 6 heteroatoms. The van der Waals surface area contributed by atoms with Crippen molar-refractivity contribution in [1.82, 2.24) is 4.90 Å². The highest BCUT2D eigenvalue weighted by Crippen LogP contribution is 2.26. The van der Waals surface area contributed by atoms with Crippen LogP contribution in [0.3, 0.4) is 0 Å². The highest BCUT2D eigenvalue weighted by Gasteiger charge is 2.46. The van der Waals surface area contributed by atoms with Crippen LogP contribution in [0.5, 0.6) is 0 Å². The minimum atomic E-state index is -2.30. The predicted octanol–water partition coefficient (Wildman–Crippen LogP) is 2.30. The van der Waals surface area contributed by atoms with E-state index in [1.165, 1.54) is 4.90 Å². The Labute approximate surface area is 121 Å². The van der Waals surface area contributed by atoms with Crippen LogP contribution in [0.2, 0.25) is 5.02 Å². The van der Waals surface area contributed by atoms with Crippen molar-refractivity contribution in [3.8, 4) is 0 Å². The number of carboxylic acids is 1. The van der Waals surface area contributed by atoms with Gasteiger partial charge in [-0.15, -0.1) is 0 Å². The lowest BCUT2D eigenvalue weighted by molar-refractivity contribution is -0.150. The predicted molar refractivity (Wildman–Crippen MR) is 72.4 cm³/mol. The molecule has 1 aromatic rings. The molecule has 1 aliphatic heterocycles. The number of aliphatic carboxylic acids is 1. The van der Waals surface area contributed by atoms with E-state index < -0.39 is 11.6 Å². The molecule has 0 aromatic heterocycles. The molecular formula is C14H15ClFNO3. The van der Waals surface area contributed by atoms with E-state index in [1.807, 2.05) is 12.1 Å². The number of benzene rings is 1. The number of nitrogens with zero attached hydrogens (tertiary/aromatic N) is 1. The molecule has 1 aromatic carbocycles. The molecule has 108 valence electrons. The lowest BCUT2D eigenvalue weighted by Crippen LogP contribution is -2.38. The van der Waals surface area contributed by atoms with Gasteiger partial charge in [-0.25, -0.2) is 9.18 Å². The van der Waals surface area contributed by atoms with Crippen LogP contribution in [-0.2, 0) is 16.0 Å². The summed E-state index contributed by atoms with van der Waals surface area (Å²) in [6.45, 7) is -0.204. The van der Waals surface area contributed by atoms with Gasteiger partial charge in [-0.05, 0) is 24.1 Å². The molecule has 0 spiro atoms. The molecule has 1 fully saturated rings. The average molecular weight is 300 g/mol. The summed E-state index contributed by atoms with van der Waals surface area (Å²) >= 11 is 5.77. The van der Waals surface area contributed by atoms with Gasteiger partial charge in [0.1, 0.15) is 0 Å². The normalized spacial score (nSPS) is 22.0. The molecule has 2 rings (SSSR count). The largest absolute Gasteiger partial charge is 0.479 e. The Hall–Kier alpha value is -1.62. The molecule has 0 bridgehead atoms. The number of carbonyl (C=O) groups is 2. The van der Waals surface area contributed by atoms with E-state index in [-0.39, 0.29) is 31.8 Å².